The summed E-state index contributed by atoms with van der Waals surface area (Å²) < 4.78 is 28.5. The standard InChI is InChI=1S/C15H18F2N2OS/c1-3-15(18,4-2)13-19-12(9-21-13)10-5-7-11(8-6-10)20-14(16)17/h5-9,14H,3-4,18H2,1-2H3. The molecule has 21 heavy (non-hydrogen) atoms. The summed E-state index contributed by atoms with van der Waals surface area (Å²) in [4.78, 5) is 4.59. The molecule has 2 N–H and O–H groups in total. The number of thiazole rings is 1. The zero-order chi connectivity index (χ0) is 15.5. The van der Waals surface area contributed by atoms with Crippen LogP contribution in [0.25, 0.3) is 11.3 Å². The van der Waals surface area contributed by atoms with Gasteiger partial charge in [-0.15, -0.1) is 11.3 Å². The summed E-state index contributed by atoms with van der Waals surface area (Å²) in [6.07, 6.45) is 1.63. The van der Waals surface area contributed by atoms with Crippen molar-refractivity contribution in [2.45, 2.75) is 38.8 Å². The van der Waals surface area contributed by atoms with Crippen LogP contribution in [0.4, 0.5) is 8.78 Å². The molecule has 1 aromatic heterocycles. The first-order chi connectivity index (χ1) is 9.98. The molecular formula is C15H18F2N2OS. The Kier molecular flexibility index (Phi) is 4.90. The van der Waals surface area contributed by atoms with Gasteiger partial charge >= 0.3 is 6.61 Å². The predicted molar refractivity (Wildman–Crippen MR) is 80.6 cm³/mol. The first-order valence-electron chi connectivity index (χ1n) is 6.78. The molecule has 0 fully saturated rings. The summed E-state index contributed by atoms with van der Waals surface area (Å²) >= 11 is 1.53. The predicted octanol–water partition coefficient (Wildman–Crippen LogP) is 4.39. The van der Waals surface area contributed by atoms with Crippen LogP contribution < -0.4 is 10.5 Å². The Bertz CT molecular complexity index is 580. The molecule has 0 saturated carbocycles. The van der Waals surface area contributed by atoms with Crippen molar-refractivity contribution < 1.29 is 13.5 Å². The summed E-state index contributed by atoms with van der Waals surface area (Å²) in [5, 5.41) is 2.83. The Labute approximate surface area is 126 Å². The molecule has 6 heteroatoms. The van der Waals surface area contributed by atoms with Crippen LogP contribution in [0.5, 0.6) is 5.75 Å². The minimum Gasteiger partial charge on any atom is -0.435 e. The Morgan fingerprint density at radius 2 is 1.86 bits per heavy atom. The number of nitrogens with zero attached hydrogens (tertiary/aromatic N) is 1. The van der Waals surface area contributed by atoms with E-state index in [0.717, 1.165) is 29.1 Å². The first kappa shape index (κ1) is 15.9. The third-order valence-electron chi connectivity index (χ3n) is 3.57. The van der Waals surface area contributed by atoms with Crippen LogP contribution in [0.15, 0.2) is 29.6 Å². The Morgan fingerprint density at radius 3 is 2.38 bits per heavy atom. The molecule has 0 unspecified atom stereocenters. The van der Waals surface area contributed by atoms with Crippen LogP contribution in [-0.4, -0.2) is 11.6 Å². The molecule has 2 rings (SSSR count). The van der Waals surface area contributed by atoms with Crippen LogP contribution in [-0.2, 0) is 5.54 Å². The largest absolute Gasteiger partial charge is 0.435 e. The van der Waals surface area contributed by atoms with Gasteiger partial charge < -0.3 is 10.5 Å². The van der Waals surface area contributed by atoms with Crippen molar-refractivity contribution >= 4 is 11.3 Å². The highest BCUT2D eigenvalue weighted by molar-refractivity contribution is 7.10. The van der Waals surface area contributed by atoms with E-state index in [0.29, 0.717) is 0 Å². The molecule has 1 aromatic carbocycles. The van der Waals surface area contributed by atoms with E-state index in [4.69, 9.17) is 5.73 Å². The van der Waals surface area contributed by atoms with Gasteiger partial charge in [-0.1, -0.05) is 13.8 Å². The lowest BCUT2D eigenvalue weighted by Gasteiger charge is -2.23. The number of hydrogen-bond acceptors (Lipinski definition) is 4. The molecule has 0 saturated heterocycles. The molecule has 0 atom stereocenters. The normalized spacial score (nSPS) is 11.9. The minimum atomic E-state index is -2.81. The van der Waals surface area contributed by atoms with E-state index in [2.05, 4.69) is 9.72 Å². The van der Waals surface area contributed by atoms with Crippen LogP contribution in [0.2, 0.25) is 0 Å². The van der Waals surface area contributed by atoms with Gasteiger partial charge in [-0.3, -0.25) is 0 Å². The smallest absolute Gasteiger partial charge is 0.387 e. The average Bonchev–Trinajstić information content (AvgIpc) is 2.97. The quantitative estimate of drug-likeness (QED) is 0.861. The molecule has 114 valence electrons. The van der Waals surface area contributed by atoms with Gasteiger partial charge in [0, 0.05) is 10.9 Å². The third-order valence-corrected chi connectivity index (χ3v) is 4.63. The SMILES string of the molecule is CCC(N)(CC)c1nc(-c2ccc(OC(F)F)cc2)cs1. The summed E-state index contributed by atoms with van der Waals surface area (Å²) in [7, 11) is 0. The van der Waals surface area contributed by atoms with E-state index in [1.54, 1.807) is 12.1 Å². The second-order valence-electron chi connectivity index (χ2n) is 4.80. The molecule has 0 aliphatic rings. The van der Waals surface area contributed by atoms with Crippen molar-refractivity contribution in [3.8, 4) is 17.0 Å². The number of ether oxygens (including phenoxy) is 1. The van der Waals surface area contributed by atoms with Gasteiger partial charge in [-0.05, 0) is 37.1 Å². The highest BCUT2D eigenvalue weighted by Gasteiger charge is 2.26. The van der Waals surface area contributed by atoms with Crippen molar-refractivity contribution in [3.05, 3.63) is 34.7 Å². The Balaban J connectivity index is 2.21. The van der Waals surface area contributed by atoms with Gasteiger partial charge in [0.15, 0.2) is 0 Å². The van der Waals surface area contributed by atoms with E-state index < -0.39 is 12.2 Å². The maximum atomic E-state index is 12.1. The molecule has 0 bridgehead atoms. The zero-order valence-electron chi connectivity index (χ0n) is 12.0. The fourth-order valence-corrected chi connectivity index (χ4v) is 3.08. The summed E-state index contributed by atoms with van der Waals surface area (Å²) in [6.45, 7) is 1.27. The van der Waals surface area contributed by atoms with E-state index in [1.807, 2.05) is 19.2 Å². The first-order valence-corrected chi connectivity index (χ1v) is 7.66. The van der Waals surface area contributed by atoms with Crippen molar-refractivity contribution in [1.29, 1.82) is 0 Å². The summed E-state index contributed by atoms with van der Waals surface area (Å²) in [5.41, 5.74) is 7.59. The van der Waals surface area contributed by atoms with Crippen molar-refractivity contribution in [2.75, 3.05) is 0 Å². The van der Waals surface area contributed by atoms with Gasteiger partial charge in [-0.25, -0.2) is 4.98 Å². The maximum absolute atomic E-state index is 12.1. The average molecular weight is 312 g/mol. The lowest BCUT2D eigenvalue weighted by atomic mass is 9.95. The lowest BCUT2D eigenvalue weighted by molar-refractivity contribution is -0.0498. The topological polar surface area (TPSA) is 48.1 Å². The number of aromatic nitrogens is 1. The fourth-order valence-electron chi connectivity index (χ4n) is 1.99. The van der Waals surface area contributed by atoms with Gasteiger partial charge in [0.25, 0.3) is 0 Å². The van der Waals surface area contributed by atoms with Crippen LogP contribution in [0, 0.1) is 0 Å². The molecule has 0 aliphatic heterocycles. The van der Waals surface area contributed by atoms with Crippen LogP contribution >= 0.6 is 11.3 Å². The number of halogens is 2. The summed E-state index contributed by atoms with van der Waals surface area (Å²) in [6, 6.07) is 6.45. The molecule has 1 heterocycles. The van der Waals surface area contributed by atoms with E-state index >= 15 is 0 Å². The van der Waals surface area contributed by atoms with E-state index in [9.17, 15) is 8.78 Å². The number of benzene rings is 1. The van der Waals surface area contributed by atoms with Gasteiger partial charge in [0.05, 0.1) is 11.2 Å². The van der Waals surface area contributed by atoms with Crippen molar-refractivity contribution in [3.63, 3.8) is 0 Å². The molecule has 0 aliphatic carbocycles. The van der Waals surface area contributed by atoms with E-state index in [1.165, 1.54) is 23.5 Å². The second kappa shape index (κ2) is 6.49. The monoisotopic (exact) mass is 312 g/mol. The molecular weight excluding hydrogens is 294 g/mol. The van der Waals surface area contributed by atoms with E-state index in [-0.39, 0.29) is 5.75 Å². The lowest BCUT2D eigenvalue weighted by Crippen LogP contribution is -2.34. The maximum Gasteiger partial charge on any atom is 0.387 e. The highest BCUT2D eigenvalue weighted by Crippen LogP contribution is 2.32. The molecule has 0 spiro atoms. The molecule has 3 nitrogen and oxygen atoms in total. The Morgan fingerprint density at radius 1 is 1.24 bits per heavy atom. The fraction of sp³-hybridized carbons (Fsp3) is 0.400. The van der Waals surface area contributed by atoms with Gasteiger partial charge in [-0.2, -0.15) is 8.78 Å². The third kappa shape index (κ3) is 3.57. The van der Waals surface area contributed by atoms with Crippen molar-refractivity contribution in [1.82, 2.24) is 4.98 Å². The second-order valence-corrected chi connectivity index (χ2v) is 5.66. The number of alkyl halides is 2. The Hall–Kier alpha value is -1.53. The zero-order valence-corrected chi connectivity index (χ0v) is 12.8. The molecule has 2 aromatic rings. The number of rotatable bonds is 6. The van der Waals surface area contributed by atoms with Crippen LogP contribution in [0.1, 0.15) is 31.7 Å². The van der Waals surface area contributed by atoms with Gasteiger partial charge in [0.2, 0.25) is 0 Å². The van der Waals surface area contributed by atoms with Crippen molar-refractivity contribution in [2.24, 2.45) is 5.73 Å². The summed E-state index contributed by atoms with van der Waals surface area (Å²) in [5.74, 6) is 0.138. The number of hydrogen-bond donors (Lipinski definition) is 1. The van der Waals surface area contributed by atoms with Crippen LogP contribution in [0.3, 0.4) is 0 Å². The molecule has 0 radical (unpaired) electrons. The number of nitrogens with two attached hydrogens (primary N) is 1. The minimum absolute atomic E-state index is 0.138. The highest BCUT2D eigenvalue weighted by atomic mass is 32.1. The van der Waals surface area contributed by atoms with Gasteiger partial charge in [0.1, 0.15) is 10.8 Å². The molecule has 0 amide bonds.